The Morgan fingerprint density at radius 1 is 0.211 bits per heavy atom. The van der Waals surface area contributed by atoms with Crippen molar-refractivity contribution in [2.45, 2.75) is 247 Å². The molecule has 0 nitrogen and oxygen atoms in total. The molecule has 0 unspecified atom stereocenters. The van der Waals surface area contributed by atoms with Gasteiger partial charge >= 0.3 is 0 Å². The summed E-state index contributed by atoms with van der Waals surface area (Å²) in [5.74, 6) is 0. The second kappa shape index (κ2) is 3360. The highest BCUT2D eigenvalue weighted by atomic mass is 13.6. The third-order valence-electron chi connectivity index (χ3n) is 0.500. The van der Waals surface area contributed by atoms with E-state index in [-0.39, 0.29) is 0 Å². The van der Waals surface area contributed by atoms with Crippen LogP contribution < -0.4 is 0 Å². The Morgan fingerprint density at radius 2 is 0.237 bits per heavy atom. The lowest BCUT2D eigenvalue weighted by Gasteiger charge is -1.68. The van der Waals surface area contributed by atoms with E-state index in [1.165, 1.54) is 25.7 Å². The van der Waals surface area contributed by atoms with Gasteiger partial charge in [-0.15, -0.1) is 13.2 Å². The first-order valence-corrected chi connectivity index (χ1v) is 18.2. The Hall–Kier alpha value is -0.260. The second-order valence-corrected chi connectivity index (χ2v) is 2.41. The van der Waals surface area contributed by atoms with Crippen molar-refractivity contribution in [3.63, 3.8) is 0 Å². The van der Waals surface area contributed by atoms with Crippen LogP contribution in [0, 0.1) is 0 Å². The molecule has 0 aliphatic carbocycles. The maximum Gasteiger partial charge on any atom is -0.0564 e. The predicted molar refractivity (Wildman–Crippen MR) is 211 cm³/mol. The molecule has 0 heterocycles. The van der Waals surface area contributed by atoms with Gasteiger partial charge in [0.05, 0.1) is 0 Å². The van der Waals surface area contributed by atoms with Crippen LogP contribution in [0.5, 0.6) is 0 Å². The van der Waals surface area contributed by atoms with E-state index in [1.807, 2.05) is 180 Å². The van der Waals surface area contributed by atoms with Crippen LogP contribution in [0.3, 0.4) is 0 Å². The fraction of sp³-hybridized carbons (Fsp3) is 0.947. The minimum atomic E-state index is 1.25. The highest BCUT2D eigenvalue weighted by Crippen LogP contribution is 1.76. The molecule has 260 valence electrons. The van der Waals surface area contributed by atoms with Gasteiger partial charge in [0, 0.05) is 0 Å². The minimum Gasteiger partial charge on any atom is -0.106 e. The SMILES string of the molecule is C=C.CC.CC.CC.CC.CC.CC.CC.CC.CC.CC.CC.CC.CC.CCC.CCC.CCCC. The molecule has 0 aliphatic rings. The molecule has 0 amide bonds. The van der Waals surface area contributed by atoms with Gasteiger partial charge in [0.2, 0.25) is 0 Å². The predicted octanol–water partition coefficient (Wildman–Crippen LogP) is 18.8. The smallest absolute Gasteiger partial charge is 0.0564 e. The van der Waals surface area contributed by atoms with Crippen molar-refractivity contribution in [3.05, 3.63) is 13.2 Å². The molecular formula is C38H108. The van der Waals surface area contributed by atoms with Crippen LogP contribution in [0.1, 0.15) is 247 Å². The largest absolute Gasteiger partial charge is 0.106 e. The summed E-state index contributed by atoms with van der Waals surface area (Å²) in [6.45, 7) is 70.9. The molecule has 0 rings (SSSR count). The Balaban J connectivity index is -0.00000000828. The van der Waals surface area contributed by atoms with Gasteiger partial charge < -0.3 is 0 Å². The summed E-state index contributed by atoms with van der Waals surface area (Å²) in [7, 11) is 0. The van der Waals surface area contributed by atoms with Gasteiger partial charge in [-0.3, -0.25) is 0 Å². The number of unbranched alkanes of at least 4 members (excludes halogenated alkanes) is 1. The van der Waals surface area contributed by atoms with E-state index >= 15 is 0 Å². The highest BCUT2D eigenvalue weighted by Gasteiger charge is 1.56. The summed E-state index contributed by atoms with van der Waals surface area (Å²) in [6.07, 6.45) is 5.14. The van der Waals surface area contributed by atoms with Crippen LogP contribution in [-0.2, 0) is 0 Å². The maximum absolute atomic E-state index is 3.00. The monoisotopic (exact) mass is 565 g/mol. The van der Waals surface area contributed by atoms with Crippen molar-refractivity contribution >= 4 is 0 Å². The Kier molecular flexibility index (Phi) is 10500. The number of hydrogen-bond donors (Lipinski definition) is 0. The summed E-state index contributed by atoms with van der Waals surface area (Å²) in [6, 6.07) is 0. The first-order chi connectivity index (χ1) is 18.7. The van der Waals surface area contributed by atoms with Crippen molar-refractivity contribution in [1.82, 2.24) is 0 Å². The van der Waals surface area contributed by atoms with Crippen LogP contribution in [0.25, 0.3) is 0 Å². The number of hydrogen-bond acceptors (Lipinski definition) is 0. The van der Waals surface area contributed by atoms with Gasteiger partial charge in [-0.05, 0) is 0 Å². The van der Waals surface area contributed by atoms with Crippen molar-refractivity contribution in [3.8, 4) is 0 Å². The summed E-state index contributed by atoms with van der Waals surface area (Å²) >= 11 is 0. The lowest BCUT2D eigenvalue weighted by Crippen LogP contribution is -1.47. The normalized spacial score (nSPS) is 3.89. The highest BCUT2D eigenvalue weighted by molar-refractivity contribution is 4.22. The summed E-state index contributed by atoms with van der Waals surface area (Å²) in [5.41, 5.74) is 0. The molecule has 0 saturated heterocycles. The minimum absolute atomic E-state index is 1.25. The van der Waals surface area contributed by atoms with Gasteiger partial charge in [0.25, 0.3) is 0 Å². The molecule has 0 N–H and O–H groups in total. The van der Waals surface area contributed by atoms with E-state index in [4.69, 9.17) is 0 Å². The van der Waals surface area contributed by atoms with E-state index in [9.17, 15) is 0 Å². The van der Waals surface area contributed by atoms with Crippen molar-refractivity contribution in [1.29, 1.82) is 0 Å². The Bertz CT molecular complexity index is 19.2. The molecular weight excluding hydrogens is 456 g/mol. The first kappa shape index (κ1) is 118. The van der Waals surface area contributed by atoms with E-state index < -0.39 is 0 Å². The summed E-state index contributed by atoms with van der Waals surface area (Å²) < 4.78 is 0. The topological polar surface area (TPSA) is 0 Å². The van der Waals surface area contributed by atoms with Crippen molar-refractivity contribution in [2.75, 3.05) is 0 Å². The molecule has 38 heavy (non-hydrogen) atoms. The number of rotatable bonds is 1. The van der Waals surface area contributed by atoms with Gasteiger partial charge in [-0.2, -0.15) is 0 Å². The van der Waals surface area contributed by atoms with Crippen LogP contribution in [0.15, 0.2) is 13.2 Å². The van der Waals surface area contributed by atoms with Crippen LogP contribution in [-0.4, -0.2) is 0 Å². The van der Waals surface area contributed by atoms with Gasteiger partial charge in [0.1, 0.15) is 0 Å². The third-order valence-corrected chi connectivity index (χ3v) is 0.500. The zero-order chi connectivity index (χ0) is 36.8. The van der Waals surface area contributed by atoms with Crippen LogP contribution >= 0.6 is 0 Å². The molecule has 0 aromatic heterocycles. The van der Waals surface area contributed by atoms with E-state index in [1.54, 1.807) is 0 Å². The van der Waals surface area contributed by atoms with Crippen LogP contribution in [0.4, 0.5) is 0 Å². The molecule has 0 aromatic carbocycles. The molecule has 0 heteroatoms. The summed E-state index contributed by atoms with van der Waals surface area (Å²) in [4.78, 5) is 0. The van der Waals surface area contributed by atoms with Crippen molar-refractivity contribution < 1.29 is 0 Å². The molecule has 0 spiro atoms. The fourth-order valence-corrected chi connectivity index (χ4v) is 0. The van der Waals surface area contributed by atoms with Crippen molar-refractivity contribution in [2.24, 2.45) is 0 Å². The van der Waals surface area contributed by atoms with Crippen LogP contribution in [0.2, 0.25) is 0 Å². The maximum atomic E-state index is 3.00. The average molecular weight is 565 g/mol. The molecule has 0 bridgehead atoms. The third kappa shape index (κ3) is 78800. The second-order valence-electron chi connectivity index (χ2n) is 2.41. The zero-order valence-corrected chi connectivity index (χ0v) is 36.2. The first-order valence-electron chi connectivity index (χ1n) is 18.2. The molecule has 0 atom stereocenters. The Morgan fingerprint density at radius 3 is 0.237 bits per heavy atom. The van der Waals surface area contributed by atoms with Gasteiger partial charge in [-0.25, -0.2) is 0 Å². The lowest BCUT2D eigenvalue weighted by molar-refractivity contribution is 0.886. The Labute approximate surface area is 260 Å². The molecule has 0 aliphatic heterocycles. The van der Waals surface area contributed by atoms with Gasteiger partial charge in [0.15, 0.2) is 0 Å². The standard InChI is InChI=1S/C4H10.2C3H8.13C2H6.C2H4/c1-3-4-2;2*1-3-2;14*1-2/h3-4H2,1-2H3;2*3H2,1-2H3;13*1-2H3;1-2H2. The molecule has 0 radical (unpaired) electrons. The fourth-order valence-electron chi connectivity index (χ4n) is 0. The van der Waals surface area contributed by atoms with E-state index in [0.717, 1.165) is 0 Å². The van der Waals surface area contributed by atoms with E-state index in [0.29, 0.717) is 0 Å². The summed E-state index contributed by atoms with van der Waals surface area (Å²) in [5, 5.41) is 0. The van der Waals surface area contributed by atoms with E-state index in [2.05, 4.69) is 54.7 Å². The molecule has 0 aromatic rings. The molecule has 0 saturated carbocycles. The molecule has 0 fully saturated rings. The lowest BCUT2D eigenvalue weighted by atomic mass is 10.4. The van der Waals surface area contributed by atoms with Gasteiger partial charge in [-0.1, -0.05) is 247 Å². The average Bonchev–Trinajstić information content (AvgIpc) is 3.11. The zero-order valence-electron chi connectivity index (χ0n) is 36.2. The quantitative estimate of drug-likeness (QED) is 0.278.